The van der Waals surface area contributed by atoms with Crippen molar-refractivity contribution in [2.24, 2.45) is 0 Å². The fraction of sp³-hybridized carbons (Fsp3) is 0.474. The van der Waals surface area contributed by atoms with E-state index < -0.39 is 0 Å². The molecule has 3 N–H and O–H groups in total. The molecule has 1 aromatic carbocycles. The maximum Gasteiger partial charge on any atom is 0.275 e. The second-order valence-electron chi connectivity index (χ2n) is 7.12. The van der Waals surface area contributed by atoms with Gasteiger partial charge in [-0.2, -0.15) is 0 Å². The van der Waals surface area contributed by atoms with Crippen LogP contribution in [0.4, 0.5) is 0 Å². The lowest BCUT2D eigenvalue weighted by Crippen LogP contribution is -3.28. The van der Waals surface area contributed by atoms with Gasteiger partial charge >= 0.3 is 0 Å². The summed E-state index contributed by atoms with van der Waals surface area (Å²) in [5.74, 6) is 0.978. The molecule has 1 atom stereocenters. The van der Waals surface area contributed by atoms with Crippen LogP contribution in [0.25, 0.3) is 0 Å². The minimum absolute atomic E-state index is 0.0253. The lowest BCUT2D eigenvalue weighted by Gasteiger charge is -2.29. The van der Waals surface area contributed by atoms with E-state index in [9.17, 15) is 4.79 Å². The normalized spacial score (nSPS) is 21.3. The zero-order chi connectivity index (χ0) is 18.5. The number of hydrogen-bond acceptors (Lipinski definition) is 3. The quantitative estimate of drug-likeness (QED) is 0.609. The monoisotopic (exact) mass is 422 g/mol. The molecule has 6 nitrogen and oxygen atoms in total. The van der Waals surface area contributed by atoms with E-state index in [1.807, 2.05) is 44.2 Å². The van der Waals surface area contributed by atoms with E-state index in [0.29, 0.717) is 6.54 Å². The van der Waals surface area contributed by atoms with Crippen molar-refractivity contribution in [2.45, 2.75) is 26.4 Å². The number of halogens is 1. The van der Waals surface area contributed by atoms with Crippen LogP contribution in [0, 0.1) is 6.92 Å². The fourth-order valence-corrected chi connectivity index (χ4v) is 3.69. The maximum absolute atomic E-state index is 12.4. The third kappa shape index (κ3) is 5.40. The van der Waals surface area contributed by atoms with Gasteiger partial charge in [-0.05, 0) is 31.5 Å². The molecule has 26 heavy (non-hydrogen) atoms. The van der Waals surface area contributed by atoms with Crippen LogP contribution < -0.4 is 15.1 Å². The van der Waals surface area contributed by atoms with Crippen LogP contribution in [0.5, 0.6) is 0 Å². The Morgan fingerprint density at radius 2 is 1.88 bits per heavy atom. The molecule has 0 unspecified atom stereocenters. The van der Waals surface area contributed by atoms with E-state index in [1.165, 1.54) is 9.80 Å². The Labute approximate surface area is 162 Å². The Hall–Kier alpha value is -1.70. The van der Waals surface area contributed by atoms with Crippen molar-refractivity contribution in [3.05, 3.63) is 51.8 Å². The number of hydrogen-bond donors (Lipinski definition) is 3. The van der Waals surface area contributed by atoms with Gasteiger partial charge in [0.25, 0.3) is 5.91 Å². The van der Waals surface area contributed by atoms with Crippen LogP contribution in [-0.2, 0) is 11.3 Å². The highest BCUT2D eigenvalue weighted by atomic mass is 79.9. The first-order valence-corrected chi connectivity index (χ1v) is 9.93. The third-order valence-corrected chi connectivity index (χ3v) is 5.46. The summed E-state index contributed by atoms with van der Waals surface area (Å²) in [6.45, 7) is 9.50. The fourth-order valence-electron chi connectivity index (χ4n) is 3.42. The standard InChI is InChI=1S/C19H25BrN4O2/c1-14-11-18(22-26-14)12-23-7-9-24(10-8-23)13-19(25)21-15(2)16-3-5-17(20)6-4-16/h3-6,11,15H,7-10,12-13H2,1-2H3,(H,21,25)/p+2/t15-/m0/s1. The Morgan fingerprint density at radius 1 is 1.23 bits per heavy atom. The average Bonchev–Trinajstić information content (AvgIpc) is 3.02. The van der Waals surface area contributed by atoms with Crippen LogP contribution in [0.15, 0.2) is 39.3 Å². The van der Waals surface area contributed by atoms with Crippen molar-refractivity contribution in [1.29, 1.82) is 0 Å². The van der Waals surface area contributed by atoms with E-state index in [0.717, 1.165) is 54.2 Å². The molecule has 2 heterocycles. The number of nitrogens with zero attached hydrogens (tertiary/aromatic N) is 1. The van der Waals surface area contributed by atoms with Crippen LogP contribution in [0.2, 0.25) is 0 Å². The number of aromatic nitrogens is 1. The molecule has 0 aliphatic carbocycles. The van der Waals surface area contributed by atoms with Crippen molar-refractivity contribution < 1.29 is 19.1 Å². The van der Waals surface area contributed by atoms with Gasteiger partial charge in [-0.25, -0.2) is 0 Å². The molecule has 1 aliphatic rings. The molecule has 1 amide bonds. The Kier molecular flexibility index (Phi) is 6.45. The van der Waals surface area contributed by atoms with E-state index in [4.69, 9.17) is 4.52 Å². The first kappa shape index (κ1) is 19.1. The maximum atomic E-state index is 12.4. The first-order valence-electron chi connectivity index (χ1n) is 9.14. The van der Waals surface area contributed by atoms with Crippen molar-refractivity contribution in [2.75, 3.05) is 32.7 Å². The topological polar surface area (TPSA) is 64.0 Å². The highest BCUT2D eigenvalue weighted by Gasteiger charge is 2.26. The van der Waals surface area contributed by atoms with Crippen molar-refractivity contribution >= 4 is 21.8 Å². The molecular weight excluding hydrogens is 396 g/mol. The third-order valence-electron chi connectivity index (χ3n) is 4.93. The predicted octanol–water partition coefficient (Wildman–Crippen LogP) is -0.0937. The summed E-state index contributed by atoms with van der Waals surface area (Å²) in [5, 5.41) is 7.19. The number of nitrogens with one attached hydrogen (secondary N) is 3. The number of piperazine rings is 1. The largest absolute Gasteiger partial charge is 0.361 e. The molecule has 1 saturated heterocycles. The minimum atomic E-state index is 0.0253. The number of carbonyl (C=O) groups excluding carboxylic acids is 1. The van der Waals surface area contributed by atoms with E-state index in [1.54, 1.807) is 0 Å². The molecule has 1 aliphatic heterocycles. The zero-order valence-corrected chi connectivity index (χ0v) is 16.9. The molecule has 3 rings (SSSR count). The van der Waals surface area contributed by atoms with Crippen LogP contribution in [-0.4, -0.2) is 43.8 Å². The van der Waals surface area contributed by atoms with E-state index >= 15 is 0 Å². The molecule has 0 saturated carbocycles. The van der Waals surface area contributed by atoms with Crippen molar-refractivity contribution in [3.8, 4) is 0 Å². The van der Waals surface area contributed by atoms with Crippen molar-refractivity contribution in [1.82, 2.24) is 10.5 Å². The number of quaternary nitrogens is 2. The molecule has 1 aromatic heterocycles. The van der Waals surface area contributed by atoms with Gasteiger partial charge in [0.05, 0.1) is 6.04 Å². The van der Waals surface area contributed by atoms with Gasteiger partial charge in [0.2, 0.25) is 0 Å². The van der Waals surface area contributed by atoms with Gasteiger partial charge in [-0.15, -0.1) is 0 Å². The lowest BCUT2D eigenvalue weighted by atomic mass is 10.1. The van der Waals surface area contributed by atoms with Crippen LogP contribution in [0.1, 0.15) is 30.0 Å². The molecule has 0 spiro atoms. The van der Waals surface area contributed by atoms with Crippen LogP contribution in [0.3, 0.4) is 0 Å². The van der Waals surface area contributed by atoms with Gasteiger partial charge in [0, 0.05) is 10.5 Å². The molecule has 1 fully saturated rings. The summed E-state index contributed by atoms with van der Waals surface area (Å²) in [5.41, 5.74) is 2.13. The smallest absolute Gasteiger partial charge is 0.275 e. The highest BCUT2D eigenvalue weighted by Crippen LogP contribution is 2.16. The Bertz CT molecular complexity index is 723. The Balaban J connectivity index is 1.41. The van der Waals surface area contributed by atoms with Gasteiger partial charge in [-0.3, -0.25) is 4.79 Å². The lowest BCUT2D eigenvalue weighted by molar-refractivity contribution is -1.02. The number of carbonyl (C=O) groups is 1. The summed E-state index contributed by atoms with van der Waals surface area (Å²) in [7, 11) is 0. The van der Waals surface area contributed by atoms with Gasteiger partial charge in [0.1, 0.15) is 44.2 Å². The first-order chi connectivity index (χ1) is 12.5. The summed E-state index contributed by atoms with van der Waals surface area (Å²) in [4.78, 5) is 15.2. The number of rotatable bonds is 6. The number of aryl methyl sites for hydroxylation is 1. The molecular formula is C19H27BrN4O2+2. The van der Waals surface area contributed by atoms with Gasteiger partial charge in [0.15, 0.2) is 6.54 Å². The predicted molar refractivity (Wildman–Crippen MR) is 102 cm³/mol. The van der Waals surface area contributed by atoms with Crippen LogP contribution >= 0.6 is 15.9 Å². The summed E-state index contributed by atoms with van der Waals surface area (Å²) in [6.07, 6.45) is 0. The molecule has 0 bridgehead atoms. The molecule has 0 radical (unpaired) electrons. The highest BCUT2D eigenvalue weighted by molar-refractivity contribution is 9.10. The summed E-state index contributed by atoms with van der Waals surface area (Å²) >= 11 is 3.44. The summed E-state index contributed by atoms with van der Waals surface area (Å²) < 4.78 is 6.18. The molecule has 7 heteroatoms. The van der Waals surface area contributed by atoms with Gasteiger partial charge in [-0.1, -0.05) is 33.2 Å². The van der Waals surface area contributed by atoms with E-state index in [2.05, 4.69) is 26.4 Å². The molecule has 140 valence electrons. The minimum Gasteiger partial charge on any atom is -0.361 e. The second-order valence-corrected chi connectivity index (χ2v) is 8.04. The second kappa shape index (κ2) is 8.79. The molecule has 2 aromatic rings. The number of benzene rings is 1. The van der Waals surface area contributed by atoms with Gasteiger partial charge < -0.3 is 19.6 Å². The average molecular weight is 423 g/mol. The summed E-state index contributed by atoms with van der Waals surface area (Å²) in [6, 6.07) is 10.1. The van der Waals surface area contributed by atoms with E-state index in [-0.39, 0.29) is 11.9 Å². The van der Waals surface area contributed by atoms with Crippen molar-refractivity contribution in [3.63, 3.8) is 0 Å². The number of amides is 1. The Morgan fingerprint density at radius 3 is 2.50 bits per heavy atom. The SMILES string of the molecule is Cc1cc(C[NH+]2CC[NH+](CC(=O)N[C@@H](C)c3ccc(Br)cc3)CC2)no1. The zero-order valence-electron chi connectivity index (χ0n) is 15.3.